The maximum Gasteiger partial charge on any atom is 0.205 e. The third-order valence-electron chi connectivity index (χ3n) is 4.11. The van der Waals surface area contributed by atoms with Gasteiger partial charge in [0.2, 0.25) is 6.29 Å². The Kier molecular flexibility index (Phi) is 1.35. The van der Waals surface area contributed by atoms with E-state index in [0.717, 1.165) is 6.29 Å². The number of quaternary nitrogens is 1. The van der Waals surface area contributed by atoms with Gasteiger partial charge in [0, 0.05) is 13.1 Å². The first-order valence-electron chi connectivity index (χ1n) is 5.20. The lowest BCUT2D eigenvalue weighted by atomic mass is 10.4. The van der Waals surface area contributed by atoms with Crippen LogP contribution in [0, 0.1) is 0 Å². The number of likely N-dealkylation sites (N-methyl/N-ethyl adjacent to an activating group) is 1. The fourth-order valence-corrected chi connectivity index (χ4v) is 3.34. The Bertz CT molecular complexity index is 188. The molecule has 0 aromatic heterocycles. The highest BCUT2D eigenvalue weighted by Gasteiger charge is 2.56. The molecule has 3 nitrogen and oxygen atoms in total. The lowest BCUT2D eigenvalue weighted by molar-refractivity contribution is -0.934. The SMILES string of the molecule is CC[N+]12CCN3CCN(CC1)C32. The summed E-state index contributed by atoms with van der Waals surface area (Å²) in [4.78, 5) is 5.35. The first-order chi connectivity index (χ1) is 5.86. The second-order valence-electron chi connectivity index (χ2n) is 4.40. The van der Waals surface area contributed by atoms with E-state index < -0.39 is 0 Å². The van der Waals surface area contributed by atoms with Crippen molar-refractivity contribution in [1.82, 2.24) is 9.80 Å². The van der Waals surface area contributed by atoms with Crippen molar-refractivity contribution in [2.75, 3.05) is 45.8 Å². The highest BCUT2D eigenvalue weighted by atomic mass is 15.7. The van der Waals surface area contributed by atoms with Crippen molar-refractivity contribution in [2.24, 2.45) is 0 Å². The van der Waals surface area contributed by atoms with Gasteiger partial charge in [-0.1, -0.05) is 0 Å². The van der Waals surface area contributed by atoms with Crippen LogP contribution in [0.15, 0.2) is 0 Å². The molecule has 3 heterocycles. The standard InChI is InChI=1S/C9H18N3/c1-2-12-7-5-10-3-4-11(6-8-12)9(10)12/h9H,2-8H2,1H3/q+1. The minimum absolute atomic E-state index is 0.787. The molecule has 3 saturated heterocycles. The van der Waals surface area contributed by atoms with E-state index in [4.69, 9.17) is 0 Å². The molecule has 0 aromatic rings. The Balaban J connectivity index is 1.96. The molecular weight excluding hydrogens is 150 g/mol. The molecule has 3 aliphatic heterocycles. The summed E-state index contributed by atoms with van der Waals surface area (Å²) in [6, 6.07) is 0. The molecule has 0 aromatic carbocycles. The van der Waals surface area contributed by atoms with Gasteiger partial charge in [-0.2, -0.15) is 0 Å². The molecule has 0 aliphatic carbocycles. The topological polar surface area (TPSA) is 6.48 Å². The van der Waals surface area contributed by atoms with Crippen molar-refractivity contribution in [3.63, 3.8) is 0 Å². The molecule has 0 amide bonds. The summed E-state index contributed by atoms with van der Waals surface area (Å²) in [5.74, 6) is 0. The highest BCUT2D eigenvalue weighted by molar-refractivity contribution is 4.85. The van der Waals surface area contributed by atoms with Crippen LogP contribution in [0.5, 0.6) is 0 Å². The van der Waals surface area contributed by atoms with Crippen molar-refractivity contribution < 1.29 is 4.48 Å². The van der Waals surface area contributed by atoms with Gasteiger partial charge in [0.1, 0.15) is 0 Å². The minimum atomic E-state index is 0.787. The van der Waals surface area contributed by atoms with Gasteiger partial charge in [-0.05, 0) is 6.92 Å². The van der Waals surface area contributed by atoms with Gasteiger partial charge in [0.25, 0.3) is 0 Å². The van der Waals surface area contributed by atoms with Crippen LogP contribution in [0.3, 0.4) is 0 Å². The van der Waals surface area contributed by atoms with E-state index in [1.54, 1.807) is 0 Å². The maximum absolute atomic E-state index is 2.68. The van der Waals surface area contributed by atoms with Crippen molar-refractivity contribution in [3.8, 4) is 0 Å². The molecule has 0 unspecified atom stereocenters. The zero-order valence-electron chi connectivity index (χ0n) is 7.87. The molecule has 0 bridgehead atoms. The molecule has 3 heteroatoms. The second-order valence-corrected chi connectivity index (χ2v) is 4.40. The molecular formula is C9H18N3+. The molecule has 68 valence electrons. The van der Waals surface area contributed by atoms with E-state index >= 15 is 0 Å². The third kappa shape index (κ3) is 0.679. The van der Waals surface area contributed by atoms with Gasteiger partial charge in [0.05, 0.1) is 32.7 Å². The number of rotatable bonds is 1. The van der Waals surface area contributed by atoms with Crippen LogP contribution in [0.1, 0.15) is 6.92 Å². The van der Waals surface area contributed by atoms with Crippen molar-refractivity contribution in [3.05, 3.63) is 0 Å². The van der Waals surface area contributed by atoms with Gasteiger partial charge in [-0.25, -0.2) is 9.80 Å². The molecule has 0 radical (unpaired) electrons. The zero-order chi connectivity index (χ0) is 8.18. The quantitative estimate of drug-likeness (QED) is 0.498. The molecule has 0 spiro atoms. The van der Waals surface area contributed by atoms with Crippen LogP contribution in [0.4, 0.5) is 0 Å². The van der Waals surface area contributed by atoms with Crippen LogP contribution in [-0.4, -0.2) is 66.4 Å². The van der Waals surface area contributed by atoms with Crippen molar-refractivity contribution in [2.45, 2.75) is 13.2 Å². The number of nitrogens with zero attached hydrogens (tertiary/aromatic N) is 3. The van der Waals surface area contributed by atoms with Gasteiger partial charge < -0.3 is 0 Å². The average molecular weight is 168 g/mol. The smallest absolute Gasteiger partial charge is 0.205 e. The average Bonchev–Trinajstić information content (AvgIpc) is 2.73. The second kappa shape index (κ2) is 2.22. The van der Waals surface area contributed by atoms with Crippen molar-refractivity contribution in [1.29, 1.82) is 0 Å². The summed E-state index contributed by atoms with van der Waals surface area (Å²) < 4.78 is 1.38. The normalized spacial score (nSPS) is 47.2. The lowest BCUT2D eigenvalue weighted by Gasteiger charge is -2.33. The van der Waals surface area contributed by atoms with Crippen LogP contribution < -0.4 is 0 Å². The summed E-state index contributed by atoms with van der Waals surface area (Å²) in [5.41, 5.74) is 0. The number of hydrogen-bond donors (Lipinski definition) is 0. The Morgan fingerprint density at radius 2 is 1.67 bits per heavy atom. The monoisotopic (exact) mass is 168 g/mol. The molecule has 0 N–H and O–H groups in total. The molecule has 12 heavy (non-hydrogen) atoms. The first-order valence-corrected chi connectivity index (χ1v) is 5.20. The van der Waals surface area contributed by atoms with E-state index in [2.05, 4.69) is 16.7 Å². The maximum atomic E-state index is 2.68. The largest absolute Gasteiger partial charge is 0.293 e. The lowest BCUT2D eigenvalue weighted by Crippen LogP contribution is -2.52. The first kappa shape index (κ1) is 7.30. The summed E-state index contributed by atoms with van der Waals surface area (Å²) in [5, 5.41) is 0. The van der Waals surface area contributed by atoms with Gasteiger partial charge in [-0.3, -0.25) is 4.48 Å². The van der Waals surface area contributed by atoms with Crippen LogP contribution >= 0.6 is 0 Å². The van der Waals surface area contributed by atoms with E-state index in [-0.39, 0.29) is 0 Å². The van der Waals surface area contributed by atoms with Crippen LogP contribution in [0.2, 0.25) is 0 Å². The Hall–Kier alpha value is -0.120. The van der Waals surface area contributed by atoms with Crippen LogP contribution in [-0.2, 0) is 0 Å². The van der Waals surface area contributed by atoms with Gasteiger partial charge >= 0.3 is 0 Å². The minimum Gasteiger partial charge on any atom is -0.293 e. The molecule has 3 rings (SSSR count). The Morgan fingerprint density at radius 3 is 2.17 bits per heavy atom. The van der Waals surface area contributed by atoms with E-state index in [0.29, 0.717) is 0 Å². The highest BCUT2D eigenvalue weighted by Crippen LogP contribution is 2.35. The van der Waals surface area contributed by atoms with Gasteiger partial charge in [0.15, 0.2) is 0 Å². The predicted molar refractivity (Wildman–Crippen MR) is 47.5 cm³/mol. The van der Waals surface area contributed by atoms with Crippen LogP contribution in [0.25, 0.3) is 0 Å². The Morgan fingerprint density at radius 1 is 1.08 bits per heavy atom. The van der Waals surface area contributed by atoms with Gasteiger partial charge in [-0.15, -0.1) is 0 Å². The summed E-state index contributed by atoms with van der Waals surface area (Å²) in [7, 11) is 0. The molecule has 3 fully saturated rings. The summed E-state index contributed by atoms with van der Waals surface area (Å²) >= 11 is 0. The molecule has 0 atom stereocenters. The third-order valence-corrected chi connectivity index (χ3v) is 4.11. The zero-order valence-corrected chi connectivity index (χ0v) is 7.87. The Labute approximate surface area is 74.1 Å². The fourth-order valence-electron chi connectivity index (χ4n) is 3.34. The van der Waals surface area contributed by atoms with E-state index in [9.17, 15) is 0 Å². The van der Waals surface area contributed by atoms with E-state index in [1.807, 2.05) is 0 Å². The molecule has 0 saturated carbocycles. The van der Waals surface area contributed by atoms with Crippen molar-refractivity contribution >= 4 is 0 Å². The van der Waals surface area contributed by atoms with E-state index in [1.165, 1.54) is 50.3 Å². The molecule has 3 aliphatic rings. The number of hydrogen-bond acceptors (Lipinski definition) is 2. The summed E-state index contributed by atoms with van der Waals surface area (Å²) in [6.07, 6.45) is 0.787. The predicted octanol–water partition coefficient (Wildman–Crippen LogP) is -0.248. The fraction of sp³-hybridized carbons (Fsp3) is 1.00. The summed E-state index contributed by atoms with van der Waals surface area (Å²) in [6.45, 7) is 11.8.